The molecule has 0 radical (unpaired) electrons. The Labute approximate surface area is 123 Å². The fourth-order valence-corrected chi connectivity index (χ4v) is 1.94. The molecule has 21 heavy (non-hydrogen) atoms. The Morgan fingerprint density at radius 3 is 2.67 bits per heavy atom. The molecule has 0 saturated carbocycles. The lowest BCUT2D eigenvalue weighted by molar-refractivity contribution is 0.0988. The van der Waals surface area contributed by atoms with Gasteiger partial charge < -0.3 is 9.74 Å². The van der Waals surface area contributed by atoms with Crippen LogP contribution >= 0.6 is 0 Å². The van der Waals surface area contributed by atoms with Crippen LogP contribution in [0.4, 0.5) is 5.69 Å². The van der Waals surface area contributed by atoms with E-state index in [4.69, 9.17) is 0 Å². The number of oxime groups is 1. The molecule has 0 saturated heterocycles. The summed E-state index contributed by atoms with van der Waals surface area (Å²) < 4.78 is 0. The molecule has 0 spiro atoms. The highest BCUT2D eigenvalue weighted by atomic mass is 16.6. The third-order valence-corrected chi connectivity index (χ3v) is 2.98. The first kappa shape index (κ1) is 14.7. The molecule has 1 amide bonds. The van der Waals surface area contributed by atoms with Crippen molar-refractivity contribution >= 4 is 17.8 Å². The van der Waals surface area contributed by atoms with Gasteiger partial charge in [0.25, 0.3) is 5.91 Å². The normalized spacial score (nSPS) is 10.6. The average Bonchev–Trinajstić information content (AvgIpc) is 2.55. The lowest BCUT2D eigenvalue weighted by Crippen LogP contribution is -2.30. The van der Waals surface area contributed by atoms with Crippen LogP contribution in [0.15, 0.2) is 53.9 Å². The van der Waals surface area contributed by atoms with Crippen LogP contribution in [0.1, 0.15) is 22.8 Å². The summed E-state index contributed by atoms with van der Waals surface area (Å²) in [6.45, 7) is 2.52. The summed E-state index contributed by atoms with van der Waals surface area (Å²) in [7, 11) is 1.49. The van der Waals surface area contributed by atoms with Crippen molar-refractivity contribution in [3.8, 4) is 0 Å². The van der Waals surface area contributed by atoms with Crippen LogP contribution in [0.2, 0.25) is 0 Å². The zero-order valence-electron chi connectivity index (χ0n) is 12.1. The van der Waals surface area contributed by atoms with Crippen molar-refractivity contribution in [3.05, 3.63) is 59.9 Å². The number of anilines is 1. The Hall–Kier alpha value is -2.69. The molecule has 2 aromatic rings. The summed E-state index contributed by atoms with van der Waals surface area (Å²) in [5.41, 5.74) is 2.28. The fraction of sp³-hybridized carbons (Fsp3) is 0.188. The number of pyridine rings is 1. The Kier molecular flexibility index (Phi) is 5.04. The molecule has 0 aliphatic heterocycles. The first-order chi connectivity index (χ1) is 10.3. The molecule has 0 atom stereocenters. The highest BCUT2D eigenvalue weighted by Gasteiger charge is 2.15. The summed E-state index contributed by atoms with van der Waals surface area (Å²) in [5.74, 6) is -0.0549. The van der Waals surface area contributed by atoms with Crippen molar-refractivity contribution in [2.45, 2.75) is 6.92 Å². The maximum atomic E-state index is 12.5. The number of carbonyl (C=O) groups excluding carboxylic acids is 1. The van der Waals surface area contributed by atoms with E-state index < -0.39 is 0 Å². The van der Waals surface area contributed by atoms with Crippen molar-refractivity contribution in [2.75, 3.05) is 18.6 Å². The second-order valence-corrected chi connectivity index (χ2v) is 4.30. The summed E-state index contributed by atoms with van der Waals surface area (Å²) in [6, 6.07) is 10.9. The number of hydrogen-bond acceptors (Lipinski definition) is 4. The van der Waals surface area contributed by atoms with E-state index >= 15 is 0 Å². The topological polar surface area (TPSA) is 54.8 Å². The second kappa shape index (κ2) is 7.19. The number of benzene rings is 1. The summed E-state index contributed by atoms with van der Waals surface area (Å²) in [4.78, 5) is 22.9. The Balaban J connectivity index is 2.20. The molecule has 5 heteroatoms. The van der Waals surface area contributed by atoms with Crippen molar-refractivity contribution in [2.24, 2.45) is 5.16 Å². The van der Waals surface area contributed by atoms with Gasteiger partial charge >= 0.3 is 0 Å². The minimum Gasteiger partial charge on any atom is -0.399 e. The number of aromatic nitrogens is 1. The SMILES string of the molecule is CCN(C(=O)c1ccc(C=NOC)cc1)c1cccnc1. The minimum atomic E-state index is -0.0549. The van der Waals surface area contributed by atoms with Gasteiger partial charge in [0.05, 0.1) is 18.1 Å². The maximum absolute atomic E-state index is 12.5. The van der Waals surface area contributed by atoms with Crippen LogP contribution in [0.5, 0.6) is 0 Å². The first-order valence-corrected chi connectivity index (χ1v) is 6.64. The van der Waals surface area contributed by atoms with Gasteiger partial charge in [0.2, 0.25) is 0 Å². The lowest BCUT2D eigenvalue weighted by atomic mass is 10.1. The third kappa shape index (κ3) is 3.66. The molecular formula is C16H17N3O2. The van der Waals surface area contributed by atoms with Gasteiger partial charge in [-0.25, -0.2) is 0 Å². The first-order valence-electron chi connectivity index (χ1n) is 6.64. The van der Waals surface area contributed by atoms with E-state index in [0.717, 1.165) is 11.3 Å². The number of nitrogens with zero attached hydrogens (tertiary/aromatic N) is 3. The average molecular weight is 283 g/mol. The molecule has 0 bridgehead atoms. The quantitative estimate of drug-likeness (QED) is 0.626. The molecule has 0 N–H and O–H groups in total. The molecule has 1 aromatic carbocycles. The predicted octanol–water partition coefficient (Wildman–Crippen LogP) is 2.73. The third-order valence-electron chi connectivity index (χ3n) is 2.98. The minimum absolute atomic E-state index is 0.0549. The van der Waals surface area contributed by atoms with E-state index in [0.29, 0.717) is 12.1 Å². The molecular weight excluding hydrogens is 266 g/mol. The summed E-state index contributed by atoms with van der Waals surface area (Å²) >= 11 is 0. The van der Waals surface area contributed by atoms with Gasteiger partial charge in [-0.2, -0.15) is 0 Å². The monoisotopic (exact) mass is 283 g/mol. The molecule has 0 aliphatic rings. The van der Waals surface area contributed by atoms with E-state index in [9.17, 15) is 4.79 Å². The van der Waals surface area contributed by atoms with Crippen LogP contribution in [0.25, 0.3) is 0 Å². The molecule has 108 valence electrons. The number of amides is 1. The van der Waals surface area contributed by atoms with Gasteiger partial charge in [-0.05, 0) is 36.8 Å². The van der Waals surface area contributed by atoms with Gasteiger partial charge in [0.15, 0.2) is 0 Å². The highest BCUT2D eigenvalue weighted by molar-refractivity contribution is 6.06. The van der Waals surface area contributed by atoms with E-state index in [1.54, 1.807) is 35.6 Å². The standard InChI is InChI=1S/C16H17N3O2/c1-3-19(15-5-4-10-17-12-15)16(20)14-8-6-13(7-9-14)11-18-21-2/h4-12H,3H2,1-2H3. The zero-order chi connectivity index (χ0) is 15.1. The fourth-order valence-electron chi connectivity index (χ4n) is 1.94. The van der Waals surface area contributed by atoms with Crippen molar-refractivity contribution in [1.82, 2.24) is 4.98 Å². The summed E-state index contributed by atoms with van der Waals surface area (Å²) in [6.07, 6.45) is 4.96. The van der Waals surface area contributed by atoms with Gasteiger partial charge in [-0.3, -0.25) is 9.78 Å². The number of carbonyl (C=O) groups is 1. The predicted molar refractivity (Wildman–Crippen MR) is 82.6 cm³/mol. The Bertz CT molecular complexity index is 609. The number of hydrogen-bond donors (Lipinski definition) is 0. The molecule has 1 aromatic heterocycles. The smallest absolute Gasteiger partial charge is 0.258 e. The lowest BCUT2D eigenvalue weighted by Gasteiger charge is -2.20. The van der Waals surface area contributed by atoms with Gasteiger partial charge in [-0.1, -0.05) is 17.3 Å². The zero-order valence-corrected chi connectivity index (χ0v) is 12.1. The van der Waals surface area contributed by atoms with Crippen LogP contribution in [0, 0.1) is 0 Å². The molecule has 0 aliphatic carbocycles. The maximum Gasteiger partial charge on any atom is 0.258 e. The van der Waals surface area contributed by atoms with E-state index in [1.807, 2.05) is 31.2 Å². The molecule has 5 nitrogen and oxygen atoms in total. The van der Waals surface area contributed by atoms with Gasteiger partial charge in [-0.15, -0.1) is 0 Å². The summed E-state index contributed by atoms with van der Waals surface area (Å²) in [5, 5.41) is 3.69. The van der Waals surface area contributed by atoms with Crippen LogP contribution in [-0.2, 0) is 4.84 Å². The van der Waals surface area contributed by atoms with Crippen molar-refractivity contribution in [1.29, 1.82) is 0 Å². The Morgan fingerprint density at radius 2 is 2.10 bits per heavy atom. The largest absolute Gasteiger partial charge is 0.399 e. The molecule has 0 fully saturated rings. The van der Waals surface area contributed by atoms with Crippen LogP contribution < -0.4 is 4.90 Å². The van der Waals surface area contributed by atoms with Crippen molar-refractivity contribution < 1.29 is 9.63 Å². The van der Waals surface area contributed by atoms with E-state index in [1.165, 1.54) is 7.11 Å². The van der Waals surface area contributed by atoms with Gasteiger partial charge in [0.1, 0.15) is 7.11 Å². The van der Waals surface area contributed by atoms with E-state index in [-0.39, 0.29) is 5.91 Å². The molecule has 2 rings (SSSR count). The molecule has 0 unspecified atom stereocenters. The van der Waals surface area contributed by atoms with Gasteiger partial charge in [0, 0.05) is 18.3 Å². The number of rotatable bonds is 5. The van der Waals surface area contributed by atoms with Crippen LogP contribution in [0.3, 0.4) is 0 Å². The highest BCUT2D eigenvalue weighted by Crippen LogP contribution is 2.15. The van der Waals surface area contributed by atoms with Crippen molar-refractivity contribution in [3.63, 3.8) is 0 Å². The van der Waals surface area contributed by atoms with Crippen LogP contribution in [-0.4, -0.2) is 30.8 Å². The van der Waals surface area contributed by atoms with E-state index in [2.05, 4.69) is 15.0 Å². The Morgan fingerprint density at radius 1 is 1.33 bits per heavy atom. The molecule has 1 heterocycles. The second-order valence-electron chi connectivity index (χ2n) is 4.30.